The van der Waals surface area contributed by atoms with Crippen molar-refractivity contribution in [1.82, 2.24) is 5.32 Å². The molecule has 1 aromatic carbocycles. The Bertz CT molecular complexity index is 516. The molecule has 130 valence electrons. The van der Waals surface area contributed by atoms with Gasteiger partial charge in [0.15, 0.2) is 11.5 Å². The first-order chi connectivity index (χ1) is 10.9. The van der Waals surface area contributed by atoms with Crippen molar-refractivity contribution in [2.24, 2.45) is 11.8 Å². The molecule has 1 unspecified atom stereocenters. The van der Waals surface area contributed by atoms with Crippen LogP contribution in [0.25, 0.3) is 0 Å². The molecule has 0 saturated heterocycles. The maximum atomic E-state index is 11.3. The van der Waals surface area contributed by atoms with Gasteiger partial charge in [-0.25, -0.2) is 0 Å². The second-order valence-corrected chi connectivity index (χ2v) is 5.79. The standard InChI is InChI=1S/C17H27NO5/c1-11(2)8-13(17(19)20)10-18-9-12-6-7-14(21-3)16(23-5)15(12)22-4/h6-7,11,13,18H,8-10H2,1-5H3,(H,19,20). The molecule has 1 atom stereocenters. The predicted molar refractivity (Wildman–Crippen MR) is 88.4 cm³/mol. The van der Waals surface area contributed by atoms with E-state index >= 15 is 0 Å². The third kappa shape index (κ3) is 5.32. The van der Waals surface area contributed by atoms with Crippen molar-refractivity contribution in [2.45, 2.75) is 26.8 Å². The predicted octanol–water partition coefficient (Wildman–Crippen LogP) is 2.55. The number of rotatable bonds is 10. The molecule has 0 bridgehead atoms. The first kappa shape index (κ1) is 19.1. The number of ether oxygens (including phenoxy) is 3. The minimum Gasteiger partial charge on any atom is -0.493 e. The highest BCUT2D eigenvalue weighted by Crippen LogP contribution is 2.39. The average molecular weight is 325 g/mol. The van der Waals surface area contributed by atoms with Crippen molar-refractivity contribution in [3.8, 4) is 17.2 Å². The summed E-state index contributed by atoms with van der Waals surface area (Å²) in [5.74, 6) is 0.887. The molecule has 0 fully saturated rings. The van der Waals surface area contributed by atoms with E-state index in [2.05, 4.69) is 5.32 Å². The Labute approximate surface area is 137 Å². The van der Waals surface area contributed by atoms with Crippen LogP contribution in [-0.2, 0) is 11.3 Å². The molecule has 0 aromatic heterocycles. The number of hydrogen-bond acceptors (Lipinski definition) is 5. The summed E-state index contributed by atoms with van der Waals surface area (Å²) in [6.07, 6.45) is 0.644. The van der Waals surface area contributed by atoms with Gasteiger partial charge in [0, 0.05) is 18.7 Å². The third-order valence-corrected chi connectivity index (χ3v) is 3.60. The van der Waals surface area contributed by atoms with Gasteiger partial charge in [-0.05, 0) is 18.4 Å². The zero-order chi connectivity index (χ0) is 17.4. The highest BCUT2D eigenvalue weighted by Gasteiger charge is 2.20. The van der Waals surface area contributed by atoms with Crippen LogP contribution < -0.4 is 19.5 Å². The molecule has 23 heavy (non-hydrogen) atoms. The highest BCUT2D eigenvalue weighted by molar-refractivity contribution is 5.70. The fraction of sp³-hybridized carbons (Fsp3) is 0.588. The van der Waals surface area contributed by atoms with E-state index in [4.69, 9.17) is 14.2 Å². The van der Waals surface area contributed by atoms with Gasteiger partial charge in [0.25, 0.3) is 0 Å². The third-order valence-electron chi connectivity index (χ3n) is 3.60. The number of nitrogens with one attached hydrogen (secondary N) is 1. The van der Waals surface area contributed by atoms with Crippen LogP contribution in [0.4, 0.5) is 0 Å². The zero-order valence-corrected chi connectivity index (χ0v) is 14.5. The molecule has 6 nitrogen and oxygen atoms in total. The maximum Gasteiger partial charge on any atom is 0.307 e. The van der Waals surface area contributed by atoms with Gasteiger partial charge in [-0.2, -0.15) is 0 Å². The first-order valence-corrected chi connectivity index (χ1v) is 7.65. The SMILES string of the molecule is COc1ccc(CNCC(CC(C)C)C(=O)O)c(OC)c1OC. The van der Waals surface area contributed by atoms with Crippen molar-refractivity contribution >= 4 is 5.97 Å². The molecular weight excluding hydrogens is 298 g/mol. The molecule has 0 amide bonds. The number of carboxylic acids is 1. The molecule has 0 heterocycles. The molecular formula is C17H27NO5. The van der Waals surface area contributed by atoms with Crippen LogP contribution in [0, 0.1) is 11.8 Å². The number of hydrogen-bond donors (Lipinski definition) is 2. The van der Waals surface area contributed by atoms with Crippen LogP contribution in [-0.4, -0.2) is 38.9 Å². The van der Waals surface area contributed by atoms with Gasteiger partial charge in [0.2, 0.25) is 5.75 Å². The van der Waals surface area contributed by atoms with Gasteiger partial charge >= 0.3 is 5.97 Å². The Hall–Kier alpha value is -1.95. The normalized spacial score (nSPS) is 12.1. The van der Waals surface area contributed by atoms with E-state index in [0.717, 1.165) is 5.56 Å². The fourth-order valence-electron chi connectivity index (χ4n) is 2.52. The summed E-state index contributed by atoms with van der Waals surface area (Å²) in [6.45, 7) is 4.94. The second-order valence-electron chi connectivity index (χ2n) is 5.79. The molecule has 6 heteroatoms. The number of carboxylic acid groups (broad SMARTS) is 1. The van der Waals surface area contributed by atoms with Gasteiger partial charge in [-0.15, -0.1) is 0 Å². The Morgan fingerprint density at radius 1 is 1.13 bits per heavy atom. The Kier molecular flexibility index (Phi) is 7.68. The van der Waals surface area contributed by atoms with Crippen molar-refractivity contribution < 1.29 is 24.1 Å². The van der Waals surface area contributed by atoms with Crippen molar-refractivity contribution in [3.63, 3.8) is 0 Å². The van der Waals surface area contributed by atoms with Gasteiger partial charge in [0.05, 0.1) is 27.2 Å². The molecule has 0 radical (unpaired) electrons. The summed E-state index contributed by atoms with van der Waals surface area (Å²) in [4.78, 5) is 11.3. The fourth-order valence-corrected chi connectivity index (χ4v) is 2.52. The molecule has 0 saturated carbocycles. The lowest BCUT2D eigenvalue weighted by molar-refractivity contribution is -0.142. The Morgan fingerprint density at radius 3 is 2.26 bits per heavy atom. The number of benzene rings is 1. The number of methoxy groups -OCH3 is 3. The lowest BCUT2D eigenvalue weighted by Gasteiger charge is -2.18. The number of aliphatic carboxylic acids is 1. The monoisotopic (exact) mass is 325 g/mol. The summed E-state index contributed by atoms with van der Waals surface area (Å²) in [5, 5.41) is 12.5. The van der Waals surface area contributed by atoms with Crippen molar-refractivity contribution in [1.29, 1.82) is 0 Å². The van der Waals surface area contributed by atoms with E-state index < -0.39 is 11.9 Å². The van der Waals surface area contributed by atoms with E-state index in [9.17, 15) is 9.90 Å². The average Bonchev–Trinajstić information content (AvgIpc) is 2.52. The van der Waals surface area contributed by atoms with Crippen LogP contribution >= 0.6 is 0 Å². The minimum absolute atomic E-state index is 0.341. The molecule has 2 N–H and O–H groups in total. The summed E-state index contributed by atoms with van der Waals surface area (Å²) in [5.41, 5.74) is 0.888. The van der Waals surface area contributed by atoms with Crippen LogP contribution in [0.5, 0.6) is 17.2 Å². The van der Waals surface area contributed by atoms with Gasteiger partial charge < -0.3 is 24.6 Å². The molecule has 1 aromatic rings. The first-order valence-electron chi connectivity index (χ1n) is 7.65. The van der Waals surface area contributed by atoms with Crippen LogP contribution in [0.2, 0.25) is 0 Å². The van der Waals surface area contributed by atoms with Gasteiger partial charge in [-0.1, -0.05) is 19.9 Å². The molecule has 0 spiro atoms. The summed E-state index contributed by atoms with van der Waals surface area (Å²) < 4.78 is 16.0. The van der Waals surface area contributed by atoms with E-state index in [1.807, 2.05) is 19.9 Å². The highest BCUT2D eigenvalue weighted by atomic mass is 16.5. The Balaban J connectivity index is 2.79. The van der Waals surface area contributed by atoms with Gasteiger partial charge in [0.1, 0.15) is 0 Å². The van der Waals surface area contributed by atoms with Crippen LogP contribution in [0.3, 0.4) is 0 Å². The van der Waals surface area contributed by atoms with E-state index in [1.165, 1.54) is 0 Å². The van der Waals surface area contributed by atoms with Crippen molar-refractivity contribution in [3.05, 3.63) is 17.7 Å². The van der Waals surface area contributed by atoms with Gasteiger partial charge in [-0.3, -0.25) is 4.79 Å². The molecule has 0 aliphatic heterocycles. The van der Waals surface area contributed by atoms with Crippen LogP contribution in [0.15, 0.2) is 12.1 Å². The van der Waals surface area contributed by atoms with Crippen LogP contribution in [0.1, 0.15) is 25.8 Å². The topological polar surface area (TPSA) is 77.0 Å². The second kappa shape index (κ2) is 9.25. The largest absolute Gasteiger partial charge is 0.493 e. The lowest BCUT2D eigenvalue weighted by Crippen LogP contribution is -2.29. The lowest BCUT2D eigenvalue weighted by atomic mass is 9.97. The summed E-state index contributed by atoms with van der Waals surface area (Å²) >= 11 is 0. The zero-order valence-electron chi connectivity index (χ0n) is 14.5. The molecule has 1 rings (SSSR count). The quantitative estimate of drug-likeness (QED) is 0.688. The van der Waals surface area contributed by atoms with E-state index in [1.54, 1.807) is 27.4 Å². The van der Waals surface area contributed by atoms with Crippen molar-refractivity contribution in [2.75, 3.05) is 27.9 Å². The molecule has 0 aliphatic carbocycles. The summed E-state index contributed by atoms with van der Waals surface area (Å²) in [6, 6.07) is 3.69. The van der Waals surface area contributed by atoms with E-state index in [-0.39, 0.29) is 0 Å². The maximum absolute atomic E-state index is 11.3. The minimum atomic E-state index is -0.773. The smallest absolute Gasteiger partial charge is 0.307 e. The number of carbonyl (C=O) groups is 1. The van der Waals surface area contributed by atoms with E-state index in [0.29, 0.717) is 42.7 Å². The molecule has 0 aliphatic rings. The Morgan fingerprint density at radius 2 is 1.78 bits per heavy atom. The summed E-state index contributed by atoms with van der Waals surface area (Å²) in [7, 11) is 4.69.